The van der Waals surface area contributed by atoms with E-state index in [9.17, 15) is 18.3 Å². The molecule has 160 valence electrons. The van der Waals surface area contributed by atoms with Crippen molar-refractivity contribution >= 4 is 39.6 Å². The van der Waals surface area contributed by atoms with E-state index in [-0.39, 0.29) is 22.8 Å². The number of carbonyl (C=O) groups excluding carboxylic acids is 1. The summed E-state index contributed by atoms with van der Waals surface area (Å²) >= 11 is 5.79. The first-order valence-corrected chi connectivity index (χ1v) is 11.5. The highest BCUT2D eigenvalue weighted by molar-refractivity contribution is 8.26. The first-order chi connectivity index (χ1) is 14.1. The van der Waals surface area contributed by atoms with Gasteiger partial charge in [0.15, 0.2) is 0 Å². The second kappa shape index (κ2) is 7.19. The fourth-order valence-electron chi connectivity index (χ4n) is 4.04. The minimum atomic E-state index is -3.12. The molecule has 1 aromatic carbocycles. The zero-order chi connectivity index (χ0) is 21.7. The molecule has 1 fully saturated rings. The average molecular weight is 453 g/mol. The zero-order valence-corrected chi connectivity index (χ0v) is 17.8. The number of aliphatic imine (C=N–C) groups is 1. The Hall–Kier alpha value is -2.20. The maximum Gasteiger partial charge on any atom is 0.274 e. The van der Waals surface area contributed by atoms with Crippen molar-refractivity contribution in [2.75, 3.05) is 11.1 Å². The van der Waals surface area contributed by atoms with E-state index in [4.69, 9.17) is 17.3 Å². The van der Waals surface area contributed by atoms with Crippen molar-refractivity contribution in [3.8, 4) is 0 Å². The monoisotopic (exact) mass is 452 g/mol. The number of amides is 1. The van der Waals surface area contributed by atoms with Gasteiger partial charge < -0.3 is 11.1 Å². The third kappa shape index (κ3) is 3.35. The van der Waals surface area contributed by atoms with E-state index in [1.165, 1.54) is 30.5 Å². The Morgan fingerprint density at radius 3 is 2.60 bits per heavy atom. The van der Waals surface area contributed by atoms with Crippen molar-refractivity contribution < 1.29 is 18.3 Å². The number of nitrogens with two attached hydrogens (primary N) is 1. The zero-order valence-electron chi connectivity index (χ0n) is 16.2. The quantitative estimate of drug-likeness (QED) is 0.550. The molecule has 1 aliphatic heterocycles. The van der Waals surface area contributed by atoms with Crippen LogP contribution in [-0.4, -0.2) is 36.3 Å². The smallest absolute Gasteiger partial charge is 0.274 e. The highest BCUT2D eigenvalue weighted by Crippen LogP contribution is 2.66. The molecular weight excluding hydrogens is 431 g/mol. The summed E-state index contributed by atoms with van der Waals surface area (Å²) in [5, 5.41) is 3.07. The van der Waals surface area contributed by atoms with E-state index in [0.29, 0.717) is 23.6 Å². The third-order valence-corrected chi connectivity index (χ3v) is 8.93. The predicted molar refractivity (Wildman–Crippen MR) is 117 cm³/mol. The molecular formula is C20H22ClFN4O3S. The number of aromatic nitrogens is 1. The predicted octanol–water partition coefficient (Wildman–Crippen LogP) is 4.39. The highest BCUT2D eigenvalue weighted by atomic mass is 35.5. The standard InChI is InChI=1S/C20H22ClFN4O3S/c1-19(11-30(28,29)20(7-2-8-20)18(23)26-19)14-9-13(4-5-15(14)22)25-17(27)16-6-3-12(21)10-24-16/h3-6,9-10,28-29H,2,7-8,11H2,1H3,(H2,23,26)(H,25,27)/t19-/m0/s1. The van der Waals surface area contributed by atoms with Crippen LogP contribution in [-0.2, 0) is 5.54 Å². The minimum Gasteiger partial charge on any atom is -0.386 e. The van der Waals surface area contributed by atoms with Gasteiger partial charge in [0.25, 0.3) is 5.91 Å². The van der Waals surface area contributed by atoms with Gasteiger partial charge in [-0.05, 0) is 56.5 Å². The van der Waals surface area contributed by atoms with Crippen LogP contribution in [0.3, 0.4) is 0 Å². The summed E-state index contributed by atoms with van der Waals surface area (Å²) in [5.74, 6) is -1.04. The van der Waals surface area contributed by atoms with Gasteiger partial charge in [0.05, 0.1) is 10.8 Å². The van der Waals surface area contributed by atoms with Gasteiger partial charge in [-0.3, -0.25) is 18.9 Å². The summed E-state index contributed by atoms with van der Waals surface area (Å²) in [7, 11) is -3.12. The van der Waals surface area contributed by atoms with Gasteiger partial charge >= 0.3 is 0 Å². The molecule has 2 aromatic rings. The molecule has 2 aliphatic rings. The van der Waals surface area contributed by atoms with Gasteiger partial charge in [-0.15, -0.1) is 0 Å². The molecule has 1 spiro atoms. The lowest BCUT2D eigenvalue weighted by Gasteiger charge is -2.60. The van der Waals surface area contributed by atoms with Gasteiger partial charge in [0.1, 0.15) is 27.6 Å². The molecule has 10 heteroatoms. The van der Waals surface area contributed by atoms with E-state index in [2.05, 4.69) is 15.3 Å². The van der Waals surface area contributed by atoms with Crippen LogP contribution in [0, 0.1) is 5.82 Å². The maximum absolute atomic E-state index is 14.8. The van der Waals surface area contributed by atoms with Crippen LogP contribution in [0.15, 0.2) is 41.5 Å². The lowest BCUT2D eigenvalue weighted by Crippen LogP contribution is -2.59. The van der Waals surface area contributed by atoms with Crippen molar-refractivity contribution in [2.45, 2.75) is 36.5 Å². The van der Waals surface area contributed by atoms with E-state index in [0.717, 1.165) is 6.42 Å². The molecule has 0 radical (unpaired) electrons. The van der Waals surface area contributed by atoms with Crippen molar-refractivity contribution in [3.63, 3.8) is 0 Å². The number of benzene rings is 1. The molecule has 2 heterocycles. The molecule has 1 atom stereocenters. The molecule has 1 aromatic heterocycles. The second-order valence-electron chi connectivity index (χ2n) is 7.94. The van der Waals surface area contributed by atoms with Crippen molar-refractivity contribution in [2.24, 2.45) is 10.7 Å². The van der Waals surface area contributed by atoms with Gasteiger partial charge in [0, 0.05) is 17.4 Å². The van der Waals surface area contributed by atoms with E-state index in [1.807, 2.05) is 0 Å². The Balaban J connectivity index is 1.66. The van der Waals surface area contributed by atoms with Crippen LogP contribution in [0.4, 0.5) is 10.1 Å². The van der Waals surface area contributed by atoms with Crippen LogP contribution in [0.5, 0.6) is 0 Å². The van der Waals surface area contributed by atoms with Crippen LogP contribution in [0.25, 0.3) is 0 Å². The molecule has 30 heavy (non-hydrogen) atoms. The Morgan fingerprint density at radius 2 is 2.03 bits per heavy atom. The summed E-state index contributed by atoms with van der Waals surface area (Å²) in [4.78, 5) is 20.9. The molecule has 1 saturated carbocycles. The van der Waals surface area contributed by atoms with Crippen LogP contribution < -0.4 is 11.1 Å². The topological polar surface area (TPSA) is 121 Å². The number of rotatable bonds is 3. The third-order valence-electron chi connectivity index (χ3n) is 5.87. The van der Waals surface area contributed by atoms with E-state index >= 15 is 0 Å². The lowest BCUT2D eigenvalue weighted by molar-refractivity contribution is 0.102. The number of amidine groups is 1. The summed E-state index contributed by atoms with van der Waals surface area (Å²) < 4.78 is 35.6. The number of pyridine rings is 1. The Labute approximate surface area is 179 Å². The van der Waals surface area contributed by atoms with Gasteiger partial charge in [-0.2, -0.15) is 10.6 Å². The van der Waals surface area contributed by atoms with Gasteiger partial charge in [-0.1, -0.05) is 11.6 Å². The number of halogens is 2. The molecule has 1 aliphatic carbocycles. The number of carbonyl (C=O) groups is 1. The SMILES string of the molecule is C[C@@]1(c2cc(NC(=O)c3ccc(Cl)cn3)ccc2F)CS(O)(O)C2(CCC2)C(N)=N1. The lowest BCUT2D eigenvalue weighted by atomic mass is 9.82. The largest absolute Gasteiger partial charge is 0.386 e. The highest BCUT2D eigenvalue weighted by Gasteiger charge is 2.57. The summed E-state index contributed by atoms with van der Waals surface area (Å²) in [6.45, 7) is 1.62. The Kier molecular flexibility index (Phi) is 5.05. The normalized spacial score (nSPS) is 25.2. The average Bonchev–Trinajstić information content (AvgIpc) is 2.61. The molecule has 1 amide bonds. The number of nitrogens with zero attached hydrogens (tertiary/aromatic N) is 2. The molecule has 4 rings (SSSR count). The Morgan fingerprint density at radius 1 is 1.30 bits per heavy atom. The van der Waals surface area contributed by atoms with Gasteiger partial charge in [-0.25, -0.2) is 9.37 Å². The van der Waals surface area contributed by atoms with E-state index in [1.54, 1.807) is 13.0 Å². The van der Waals surface area contributed by atoms with Crippen molar-refractivity contribution in [1.82, 2.24) is 4.98 Å². The molecule has 0 unspecified atom stereocenters. The van der Waals surface area contributed by atoms with Crippen molar-refractivity contribution in [1.29, 1.82) is 0 Å². The summed E-state index contributed by atoms with van der Waals surface area (Å²) in [6, 6.07) is 7.08. The molecule has 0 bridgehead atoms. The number of nitrogens with one attached hydrogen (secondary N) is 1. The fourth-order valence-corrected chi connectivity index (χ4v) is 6.75. The van der Waals surface area contributed by atoms with Crippen LogP contribution in [0.2, 0.25) is 5.02 Å². The van der Waals surface area contributed by atoms with E-state index < -0.39 is 32.6 Å². The molecule has 5 N–H and O–H groups in total. The summed E-state index contributed by atoms with van der Waals surface area (Å²) in [5.41, 5.74) is 5.49. The Bertz CT molecular complexity index is 1040. The second-order valence-corrected chi connectivity index (χ2v) is 10.8. The molecule has 0 saturated heterocycles. The van der Waals surface area contributed by atoms with Crippen LogP contribution in [0.1, 0.15) is 42.2 Å². The first kappa shape index (κ1) is 21.0. The van der Waals surface area contributed by atoms with Crippen LogP contribution >= 0.6 is 22.2 Å². The van der Waals surface area contributed by atoms with Crippen molar-refractivity contribution in [3.05, 3.63) is 58.6 Å². The summed E-state index contributed by atoms with van der Waals surface area (Å²) in [6.07, 6.45) is 3.33. The van der Waals surface area contributed by atoms with Gasteiger partial charge in [0.2, 0.25) is 0 Å². The maximum atomic E-state index is 14.8. The first-order valence-electron chi connectivity index (χ1n) is 9.41. The number of anilines is 1. The fraction of sp³-hybridized carbons (Fsp3) is 0.350. The number of hydrogen-bond acceptors (Lipinski definition) is 6. The molecule has 7 nitrogen and oxygen atoms in total. The number of hydrogen-bond donors (Lipinski definition) is 4. The minimum absolute atomic E-state index is 0.126.